The number of carbonyl (C=O) groups excluding carboxylic acids is 1. The summed E-state index contributed by atoms with van der Waals surface area (Å²) in [6.45, 7) is 0. The molecule has 0 aliphatic carbocycles. The number of aromatic nitrogens is 4. The number of thioether (sulfide) groups is 1. The summed E-state index contributed by atoms with van der Waals surface area (Å²) in [7, 11) is 3.04. The van der Waals surface area contributed by atoms with Gasteiger partial charge >= 0.3 is 0 Å². The number of nitrogens with zero attached hydrogens (tertiary/aromatic N) is 3. The number of aromatic amines is 1. The molecule has 2 N–H and O–H groups in total. The van der Waals surface area contributed by atoms with Gasteiger partial charge in [-0.15, -0.1) is 5.10 Å². The van der Waals surface area contributed by atoms with Crippen LogP contribution in [0.1, 0.15) is 0 Å². The van der Waals surface area contributed by atoms with Crippen LogP contribution in [-0.4, -0.2) is 45.7 Å². The van der Waals surface area contributed by atoms with Gasteiger partial charge in [0.15, 0.2) is 0 Å². The van der Waals surface area contributed by atoms with Gasteiger partial charge in [0.25, 0.3) is 5.56 Å². The predicted octanol–water partition coefficient (Wildman–Crippen LogP) is 2.97. The summed E-state index contributed by atoms with van der Waals surface area (Å²) in [5.74, 6) is 0.404. The van der Waals surface area contributed by atoms with Crippen LogP contribution in [-0.2, 0) is 4.79 Å². The lowest BCUT2D eigenvalue weighted by Gasteiger charge is -2.11. The summed E-state index contributed by atoms with van der Waals surface area (Å²) in [5.41, 5.74) is 1.46. The van der Waals surface area contributed by atoms with E-state index in [1.54, 1.807) is 43.5 Å². The topological polar surface area (TPSA) is 111 Å². The van der Waals surface area contributed by atoms with Crippen LogP contribution in [0.4, 0.5) is 10.1 Å². The first-order chi connectivity index (χ1) is 15.5. The molecule has 2 aromatic carbocycles. The fraction of sp³-hybridized carbons (Fsp3) is 0.143. The second kappa shape index (κ2) is 9.10. The number of amides is 1. The molecule has 0 unspecified atom stereocenters. The van der Waals surface area contributed by atoms with E-state index >= 15 is 0 Å². The number of halogens is 1. The quantitative estimate of drug-likeness (QED) is 0.412. The number of hydrogen-bond acceptors (Lipinski definition) is 7. The molecule has 0 radical (unpaired) electrons. The molecule has 0 fully saturated rings. The molecule has 32 heavy (non-hydrogen) atoms. The minimum absolute atomic E-state index is 0.00900. The van der Waals surface area contributed by atoms with Gasteiger partial charge in [-0.2, -0.15) is 5.10 Å². The number of carbonyl (C=O) groups is 1. The van der Waals surface area contributed by atoms with Crippen LogP contribution in [0.15, 0.2) is 58.5 Å². The lowest BCUT2D eigenvalue weighted by atomic mass is 10.1. The number of ether oxygens (including phenoxy) is 2. The molecule has 0 aliphatic heterocycles. The van der Waals surface area contributed by atoms with E-state index in [1.165, 1.54) is 23.8 Å². The van der Waals surface area contributed by atoms with E-state index in [-0.39, 0.29) is 23.0 Å². The first kappa shape index (κ1) is 21.4. The van der Waals surface area contributed by atoms with Crippen molar-refractivity contribution in [3.8, 4) is 22.8 Å². The smallest absolute Gasteiger partial charge is 0.290 e. The van der Waals surface area contributed by atoms with E-state index in [2.05, 4.69) is 20.6 Å². The third-order valence-electron chi connectivity index (χ3n) is 4.53. The van der Waals surface area contributed by atoms with Gasteiger partial charge in [-0.25, -0.2) is 14.0 Å². The highest BCUT2D eigenvalue weighted by molar-refractivity contribution is 7.99. The number of H-pyrrole nitrogens is 1. The van der Waals surface area contributed by atoms with Crippen molar-refractivity contribution < 1.29 is 18.7 Å². The molecule has 4 aromatic rings. The molecule has 9 nitrogen and oxygen atoms in total. The number of benzene rings is 2. The third-order valence-corrected chi connectivity index (χ3v) is 5.46. The van der Waals surface area contributed by atoms with E-state index in [0.717, 1.165) is 11.8 Å². The first-order valence-electron chi connectivity index (χ1n) is 9.37. The van der Waals surface area contributed by atoms with E-state index < -0.39 is 5.56 Å². The van der Waals surface area contributed by atoms with Crippen LogP contribution >= 0.6 is 11.8 Å². The molecule has 2 aromatic heterocycles. The van der Waals surface area contributed by atoms with Crippen molar-refractivity contribution in [2.24, 2.45) is 0 Å². The minimum Gasteiger partial charge on any atom is -0.497 e. The van der Waals surface area contributed by atoms with Gasteiger partial charge < -0.3 is 14.8 Å². The standard InChI is InChI=1S/C21H18FN5O4S/c1-30-14-7-8-15(18(9-14)31-2)23-19(28)11-32-21-25-24-20(29)17-10-16(26-27(17)21)12-3-5-13(22)6-4-12/h3-10H,11H2,1-2H3,(H,23,28)(H,24,29). The lowest BCUT2D eigenvalue weighted by molar-refractivity contribution is -0.113. The van der Waals surface area contributed by atoms with Crippen LogP contribution in [0, 0.1) is 5.82 Å². The van der Waals surface area contributed by atoms with E-state index in [0.29, 0.717) is 33.6 Å². The number of anilines is 1. The first-order valence-corrected chi connectivity index (χ1v) is 10.4. The van der Waals surface area contributed by atoms with Crippen LogP contribution in [0.2, 0.25) is 0 Å². The van der Waals surface area contributed by atoms with Gasteiger partial charge in [-0.05, 0) is 42.5 Å². The molecule has 0 spiro atoms. The van der Waals surface area contributed by atoms with Gasteiger partial charge in [-0.1, -0.05) is 11.8 Å². The van der Waals surface area contributed by atoms with Crippen LogP contribution < -0.4 is 20.3 Å². The van der Waals surface area contributed by atoms with Crippen molar-refractivity contribution in [1.29, 1.82) is 0 Å². The Morgan fingerprint density at radius 2 is 1.94 bits per heavy atom. The monoisotopic (exact) mass is 455 g/mol. The average molecular weight is 455 g/mol. The van der Waals surface area contributed by atoms with Crippen molar-refractivity contribution in [3.05, 3.63) is 64.7 Å². The summed E-state index contributed by atoms with van der Waals surface area (Å²) in [4.78, 5) is 24.7. The summed E-state index contributed by atoms with van der Waals surface area (Å²) in [5, 5.41) is 13.9. The Morgan fingerprint density at radius 3 is 2.66 bits per heavy atom. The number of hydrogen-bond donors (Lipinski definition) is 2. The normalized spacial score (nSPS) is 10.8. The Bertz CT molecular complexity index is 1340. The predicted molar refractivity (Wildman–Crippen MR) is 118 cm³/mol. The largest absolute Gasteiger partial charge is 0.497 e. The summed E-state index contributed by atoms with van der Waals surface area (Å²) >= 11 is 1.10. The Hall–Kier alpha value is -3.86. The second-order valence-corrected chi connectivity index (χ2v) is 7.51. The van der Waals surface area contributed by atoms with Gasteiger partial charge in [0.05, 0.1) is 31.4 Å². The number of methoxy groups -OCH3 is 2. The fourth-order valence-corrected chi connectivity index (χ4v) is 3.67. The Balaban J connectivity index is 1.53. The highest BCUT2D eigenvalue weighted by atomic mass is 32.2. The fourth-order valence-electron chi connectivity index (χ4n) is 2.97. The highest BCUT2D eigenvalue weighted by Crippen LogP contribution is 2.29. The van der Waals surface area contributed by atoms with Crippen molar-refractivity contribution in [1.82, 2.24) is 19.8 Å². The van der Waals surface area contributed by atoms with E-state index in [9.17, 15) is 14.0 Å². The van der Waals surface area contributed by atoms with E-state index in [1.807, 2.05) is 0 Å². The van der Waals surface area contributed by atoms with E-state index in [4.69, 9.17) is 9.47 Å². The van der Waals surface area contributed by atoms with Gasteiger partial charge in [0, 0.05) is 11.6 Å². The third kappa shape index (κ3) is 4.42. The molecule has 164 valence electrons. The molecule has 0 bridgehead atoms. The number of rotatable bonds is 7. The van der Waals surface area contributed by atoms with Crippen LogP contribution in [0.5, 0.6) is 11.5 Å². The number of nitrogens with one attached hydrogen (secondary N) is 2. The maximum absolute atomic E-state index is 13.2. The van der Waals surface area contributed by atoms with Crippen molar-refractivity contribution in [2.75, 3.05) is 25.3 Å². The summed E-state index contributed by atoms with van der Waals surface area (Å²) in [6, 6.07) is 12.4. The molecule has 0 saturated carbocycles. The Kier molecular flexibility index (Phi) is 6.08. The highest BCUT2D eigenvalue weighted by Gasteiger charge is 2.15. The second-order valence-electron chi connectivity index (χ2n) is 6.57. The van der Waals surface area contributed by atoms with Gasteiger partial charge in [0.2, 0.25) is 11.1 Å². The van der Waals surface area contributed by atoms with Crippen LogP contribution in [0.3, 0.4) is 0 Å². The zero-order valence-corrected chi connectivity index (χ0v) is 17.9. The zero-order chi connectivity index (χ0) is 22.7. The molecule has 1 amide bonds. The molecule has 0 saturated heterocycles. The van der Waals surface area contributed by atoms with Gasteiger partial charge in [-0.3, -0.25) is 9.59 Å². The molecule has 0 aliphatic rings. The zero-order valence-electron chi connectivity index (χ0n) is 17.1. The van der Waals surface area contributed by atoms with Gasteiger partial charge in [0.1, 0.15) is 22.8 Å². The summed E-state index contributed by atoms with van der Waals surface area (Å²) in [6.07, 6.45) is 0. The molecule has 2 heterocycles. The maximum atomic E-state index is 13.2. The molecule has 4 rings (SSSR count). The van der Waals surface area contributed by atoms with Crippen molar-refractivity contribution in [3.63, 3.8) is 0 Å². The average Bonchev–Trinajstić information content (AvgIpc) is 3.26. The van der Waals surface area contributed by atoms with Crippen molar-refractivity contribution in [2.45, 2.75) is 5.16 Å². The van der Waals surface area contributed by atoms with Crippen molar-refractivity contribution >= 4 is 28.9 Å². The SMILES string of the molecule is COc1ccc(NC(=O)CSc2n[nH]c(=O)c3cc(-c4ccc(F)cc4)nn23)c(OC)c1. The molecule has 11 heteroatoms. The number of fused-ring (bicyclic) bond motifs is 1. The lowest BCUT2D eigenvalue weighted by Crippen LogP contribution is -2.17. The summed E-state index contributed by atoms with van der Waals surface area (Å²) < 4.78 is 25.0. The molecular weight excluding hydrogens is 437 g/mol. The maximum Gasteiger partial charge on any atom is 0.290 e. The molecular formula is C21H18FN5O4S. The Morgan fingerprint density at radius 1 is 1.16 bits per heavy atom. The molecule has 0 atom stereocenters. The Labute approximate surface area is 185 Å². The minimum atomic E-state index is -0.428. The van der Waals surface area contributed by atoms with Crippen LogP contribution in [0.25, 0.3) is 16.8 Å².